The van der Waals surface area contributed by atoms with Crippen LogP contribution in [-0.2, 0) is 4.74 Å². The van der Waals surface area contributed by atoms with Gasteiger partial charge in [0.2, 0.25) is 0 Å². The lowest BCUT2D eigenvalue weighted by atomic mass is 10.1. The molecular formula is C20H23N3O4. The summed E-state index contributed by atoms with van der Waals surface area (Å²) < 4.78 is 12.7. The minimum atomic E-state index is -0.616. The second-order valence-electron chi connectivity index (χ2n) is 7.89. The van der Waals surface area contributed by atoms with Gasteiger partial charge in [0.25, 0.3) is 5.91 Å². The fourth-order valence-electron chi connectivity index (χ4n) is 3.82. The molecule has 2 aromatic rings. The molecule has 3 heterocycles. The number of amides is 1. The van der Waals surface area contributed by atoms with Crippen molar-refractivity contribution in [2.24, 2.45) is 0 Å². The van der Waals surface area contributed by atoms with Crippen LogP contribution in [0, 0.1) is 0 Å². The summed E-state index contributed by atoms with van der Waals surface area (Å²) >= 11 is 0. The highest BCUT2D eigenvalue weighted by atomic mass is 16.6. The van der Waals surface area contributed by atoms with E-state index in [2.05, 4.69) is 4.98 Å². The first kappa shape index (κ1) is 17.6. The highest BCUT2D eigenvalue weighted by molar-refractivity contribution is 6.00. The Balaban J connectivity index is 1.90. The summed E-state index contributed by atoms with van der Waals surface area (Å²) in [4.78, 5) is 32.1. The summed E-state index contributed by atoms with van der Waals surface area (Å²) in [6, 6.07) is 5.19. The average molecular weight is 369 g/mol. The predicted molar refractivity (Wildman–Crippen MR) is 98.3 cm³/mol. The lowest BCUT2D eigenvalue weighted by Crippen LogP contribution is -2.31. The normalized spacial score (nSPS) is 18.4. The molecule has 142 valence electrons. The van der Waals surface area contributed by atoms with Crippen LogP contribution >= 0.6 is 0 Å². The molecule has 7 heteroatoms. The number of hydrogen-bond donors (Lipinski definition) is 0. The van der Waals surface area contributed by atoms with E-state index < -0.39 is 11.6 Å². The molecule has 0 unspecified atom stereocenters. The summed E-state index contributed by atoms with van der Waals surface area (Å²) in [5.41, 5.74) is 1.63. The van der Waals surface area contributed by atoms with Gasteiger partial charge in [-0.05, 0) is 51.8 Å². The molecule has 1 saturated heterocycles. The van der Waals surface area contributed by atoms with E-state index in [1.807, 2.05) is 36.3 Å². The van der Waals surface area contributed by atoms with Crippen LogP contribution in [0.4, 0.5) is 0 Å². The van der Waals surface area contributed by atoms with Gasteiger partial charge in [-0.2, -0.15) is 0 Å². The van der Waals surface area contributed by atoms with Crippen molar-refractivity contribution >= 4 is 11.9 Å². The van der Waals surface area contributed by atoms with Crippen LogP contribution in [0.3, 0.4) is 0 Å². The summed E-state index contributed by atoms with van der Waals surface area (Å²) in [5.74, 6) is 0.103. The summed E-state index contributed by atoms with van der Waals surface area (Å²) in [6.07, 6.45) is 3.28. The van der Waals surface area contributed by atoms with Gasteiger partial charge in [0.1, 0.15) is 17.7 Å². The number of nitrogens with zero attached hydrogens (tertiary/aromatic N) is 3. The third-order valence-electron chi connectivity index (χ3n) is 4.92. The second-order valence-corrected chi connectivity index (χ2v) is 7.89. The minimum absolute atomic E-state index is 0.0507. The van der Waals surface area contributed by atoms with Gasteiger partial charge in [0, 0.05) is 6.54 Å². The largest absolute Gasteiger partial charge is 0.497 e. The predicted octanol–water partition coefficient (Wildman–Crippen LogP) is 3.13. The minimum Gasteiger partial charge on any atom is -0.497 e. The summed E-state index contributed by atoms with van der Waals surface area (Å²) in [7, 11) is 1.57. The number of carbonyl (C=O) groups excluding carboxylic acids is 2. The second kappa shape index (κ2) is 6.11. The fraction of sp³-hybridized carbons (Fsp3) is 0.450. The number of methoxy groups -OCH3 is 1. The first-order chi connectivity index (χ1) is 12.8. The first-order valence-corrected chi connectivity index (χ1v) is 9.10. The molecule has 1 aromatic carbocycles. The summed E-state index contributed by atoms with van der Waals surface area (Å²) in [5, 5.41) is 0. The highest BCUT2D eigenvalue weighted by Crippen LogP contribution is 2.40. The van der Waals surface area contributed by atoms with Crippen molar-refractivity contribution in [3.8, 4) is 11.4 Å². The van der Waals surface area contributed by atoms with Crippen molar-refractivity contribution in [3.63, 3.8) is 0 Å². The number of hydrogen-bond acceptors (Lipinski definition) is 5. The number of esters is 1. The third-order valence-corrected chi connectivity index (χ3v) is 4.92. The van der Waals surface area contributed by atoms with E-state index in [0.29, 0.717) is 23.5 Å². The van der Waals surface area contributed by atoms with Gasteiger partial charge in [-0.25, -0.2) is 9.78 Å². The number of carbonyl (C=O) groups is 2. The Kier molecular flexibility index (Phi) is 3.98. The van der Waals surface area contributed by atoms with Gasteiger partial charge in [0.15, 0.2) is 5.69 Å². The third kappa shape index (κ3) is 2.87. The van der Waals surface area contributed by atoms with Crippen molar-refractivity contribution in [1.82, 2.24) is 14.5 Å². The molecule has 0 aliphatic carbocycles. The Bertz CT molecular complexity index is 926. The lowest BCUT2D eigenvalue weighted by Gasteiger charge is -2.24. The van der Waals surface area contributed by atoms with Crippen molar-refractivity contribution in [2.45, 2.75) is 45.3 Å². The number of rotatable bonds is 2. The zero-order chi connectivity index (χ0) is 19.3. The Morgan fingerprint density at radius 3 is 2.78 bits per heavy atom. The van der Waals surface area contributed by atoms with Gasteiger partial charge in [0.05, 0.1) is 30.1 Å². The monoisotopic (exact) mass is 369 g/mol. The Morgan fingerprint density at radius 1 is 1.30 bits per heavy atom. The SMILES string of the molecule is COc1ccc2c(c1)C(=O)N1CCC[C@H]1c1c(C(=O)OC(C)(C)C)ncn1-2. The van der Waals surface area contributed by atoms with E-state index in [-0.39, 0.29) is 17.6 Å². The molecule has 1 aromatic heterocycles. The van der Waals surface area contributed by atoms with Crippen LogP contribution in [0.15, 0.2) is 24.5 Å². The quantitative estimate of drug-likeness (QED) is 0.761. The number of aromatic nitrogens is 2. The number of ether oxygens (including phenoxy) is 2. The van der Waals surface area contributed by atoms with Crippen LogP contribution in [0.5, 0.6) is 5.75 Å². The number of benzene rings is 1. The smallest absolute Gasteiger partial charge is 0.359 e. The summed E-state index contributed by atoms with van der Waals surface area (Å²) in [6.45, 7) is 6.13. The van der Waals surface area contributed by atoms with Crippen molar-refractivity contribution in [2.75, 3.05) is 13.7 Å². The van der Waals surface area contributed by atoms with E-state index in [1.165, 1.54) is 0 Å². The molecule has 0 spiro atoms. The molecule has 1 amide bonds. The van der Waals surface area contributed by atoms with Gasteiger partial charge in [-0.15, -0.1) is 0 Å². The topological polar surface area (TPSA) is 73.7 Å². The molecule has 0 radical (unpaired) electrons. The zero-order valence-corrected chi connectivity index (χ0v) is 16.0. The molecule has 7 nitrogen and oxygen atoms in total. The molecule has 2 aliphatic heterocycles. The maximum Gasteiger partial charge on any atom is 0.359 e. The van der Waals surface area contributed by atoms with Crippen LogP contribution < -0.4 is 4.74 Å². The highest BCUT2D eigenvalue weighted by Gasteiger charge is 2.40. The van der Waals surface area contributed by atoms with Gasteiger partial charge in [-0.3, -0.25) is 9.36 Å². The van der Waals surface area contributed by atoms with E-state index in [0.717, 1.165) is 18.5 Å². The Hall–Kier alpha value is -2.83. The average Bonchev–Trinajstić information content (AvgIpc) is 3.23. The van der Waals surface area contributed by atoms with E-state index in [1.54, 1.807) is 25.6 Å². The molecule has 2 aliphatic rings. The maximum atomic E-state index is 13.2. The van der Waals surface area contributed by atoms with E-state index in [9.17, 15) is 9.59 Å². The van der Waals surface area contributed by atoms with Crippen LogP contribution in [-0.4, -0.2) is 45.6 Å². The van der Waals surface area contributed by atoms with Crippen LogP contribution in [0.25, 0.3) is 5.69 Å². The van der Waals surface area contributed by atoms with Crippen molar-refractivity contribution in [1.29, 1.82) is 0 Å². The lowest BCUT2D eigenvalue weighted by molar-refractivity contribution is 0.00596. The molecule has 1 fully saturated rings. The van der Waals surface area contributed by atoms with E-state index >= 15 is 0 Å². The molecule has 27 heavy (non-hydrogen) atoms. The first-order valence-electron chi connectivity index (χ1n) is 9.10. The van der Waals surface area contributed by atoms with Crippen molar-refractivity contribution < 1.29 is 19.1 Å². The number of imidazole rings is 1. The van der Waals surface area contributed by atoms with Gasteiger partial charge >= 0.3 is 5.97 Å². The molecule has 4 rings (SSSR count). The Morgan fingerprint density at radius 2 is 2.07 bits per heavy atom. The molecule has 0 saturated carbocycles. The van der Waals surface area contributed by atoms with Crippen molar-refractivity contribution in [3.05, 3.63) is 41.5 Å². The number of fused-ring (bicyclic) bond motifs is 5. The fourth-order valence-corrected chi connectivity index (χ4v) is 3.82. The van der Waals surface area contributed by atoms with Gasteiger partial charge in [-0.1, -0.05) is 0 Å². The molecule has 1 atom stereocenters. The van der Waals surface area contributed by atoms with E-state index in [4.69, 9.17) is 9.47 Å². The molecule has 0 bridgehead atoms. The standard InChI is InChI=1S/C20H23N3O4/c1-20(2,3)27-19(25)16-17-15-6-5-9-22(15)18(24)13-10-12(26-4)7-8-14(13)23(17)11-21-16/h7-8,10-11,15H,5-6,9H2,1-4H3/t15-/m0/s1. The Labute approximate surface area is 157 Å². The molecular weight excluding hydrogens is 346 g/mol. The zero-order valence-electron chi connectivity index (χ0n) is 16.0. The van der Waals surface area contributed by atoms with Crippen LogP contribution in [0.1, 0.15) is 66.2 Å². The van der Waals surface area contributed by atoms with Gasteiger partial charge < -0.3 is 14.4 Å². The maximum absolute atomic E-state index is 13.2. The molecule has 0 N–H and O–H groups in total. The van der Waals surface area contributed by atoms with Crippen LogP contribution in [0.2, 0.25) is 0 Å².